The van der Waals surface area contributed by atoms with Crippen LogP contribution in [0.5, 0.6) is 5.75 Å². The highest BCUT2D eigenvalue weighted by Crippen LogP contribution is 2.51. The number of carboxylic acids is 1. The third-order valence-corrected chi connectivity index (χ3v) is 6.73. The number of carbonyl (C=O) groups excluding carboxylic acids is 1. The number of aliphatic carboxylic acids is 1. The number of hydrogen-bond acceptors (Lipinski definition) is 6. The largest absolute Gasteiger partial charge is 0.494 e. The minimum atomic E-state index is -1.34. The van der Waals surface area contributed by atoms with Crippen molar-refractivity contribution in [2.45, 2.75) is 52.2 Å². The van der Waals surface area contributed by atoms with Crippen molar-refractivity contribution in [3.8, 4) is 16.3 Å². The van der Waals surface area contributed by atoms with Crippen molar-refractivity contribution in [2.24, 2.45) is 5.41 Å². The number of hydrogen-bond donors (Lipinski definition) is 2. The van der Waals surface area contributed by atoms with Crippen molar-refractivity contribution in [2.75, 3.05) is 13.2 Å². The summed E-state index contributed by atoms with van der Waals surface area (Å²) in [5.41, 5.74) is -0.491. The predicted molar refractivity (Wildman–Crippen MR) is 115 cm³/mol. The van der Waals surface area contributed by atoms with E-state index in [-0.39, 0.29) is 24.9 Å². The average molecular weight is 433 g/mol. The zero-order valence-electron chi connectivity index (χ0n) is 17.7. The lowest BCUT2D eigenvalue weighted by atomic mass is 9.54. The van der Waals surface area contributed by atoms with E-state index in [0.717, 1.165) is 16.3 Å². The minimum absolute atomic E-state index is 0.0257. The normalized spacial score (nSPS) is 22.2. The van der Waals surface area contributed by atoms with Gasteiger partial charge in [-0.2, -0.15) is 0 Å². The number of aromatic nitrogens is 1. The summed E-state index contributed by atoms with van der Waals surface area (Å²) in [7, 11) is 0. The van der Waals surface area contributed by atoms with E-state index in [1.165, 1.54) is 11.3 Å². The Morgan fingerprint density at radius 2 is 1.93 bits per heavy atom. The van der Waals surface area contributed by atoms with E-state index in [1.807, 2.05) is 57.3 Å². The standard InChI is InChI=1S/C22H28N2O5S/c1-5-28-16-9-7-14(8-10-16)19-23-15(13-30-19)11-18(25)24-22(20(26)27)12-17(29-6-2)21(22,3)4/h7-10,13,17H,5-6,11-12H2,1-4H3,(H,24,25)(H,26,27). The van der Waals surface area contributed by atoms with Crippen LogP contribution >= 0.6 is 11.3 Å². The number of rotatable bonds is 9. The van der Waals surface area contributed by atoms with Crippen LogP contribution in [-0.4, -0.2) is 46.8 Å². The van der Waals surface area contributed by atoms with E-state index >= 15 is 0 Å². The third-order valence-electron chi connectivity index (χ3n) is 5.79. The molecule has 0 saturated heterocycles. The second-order valence-electron chi connectivity index (χ2n) is 7.91. The van der Waals surface area contributed by atoms with Gasteiger partial charge in [-0.15, -0.1) is 11.3 Å². The molecule has 0 radical (unpaired) electrons. The first-order valence-corrected chi connectivity index (χ1v) is 10.9. The Labute approximate surface area is 180 Å². The number of ether oxygens (including phenoxy) is 2. The van der Waals surface area contributed by atoms with E-state index in [0.29, 0.717) is 18.9 Å². The lowest BCUT2D eigenvalue weighted by molar-refractivity contribution is -0.194. The van der Waals surface area contributed by atoms with Crippen molar-refractivity contribution in [3.63, 3.8) is 0 Å². The molecule has 162 valence electrons. The maximum atomic E-state index is 12.7. The molecule has 30 heavy (non-hydrogen) atoms. The summed E-state index contributed by atoms with van der Waals surface area (Å²) >= 11 is 1.45. The van der Waals surface area contributed by atoms with Crippen LogP contribution in [0.25, 0.3) is 10.6 Å². The zero-order chi connectivity index (χ0) is 21.9. The molecule has 2 atom stereocenters. The molecule has 0 bridgehead atoms. The van der Waals surface area contributed by atoms with Crippen LogP contribution < -0.4 is 10.1 Å². The molecule has 1 amide bonds. The molecule has 0 aliphatic heterocycles. The third kappa shape index (κ3) is 4.06. The highest BCUT2D eigenvalue weighted by atomic mass is 32.1. The van der Waals surface area contributed by atoms with Gasteiger partial charge in [-0.25, -0.2) is 9.78 Å². The SMILES string of the molecule is CCOc1ccc(-c2nc(CC(=O)NC3(C(=O)O)CC(OCC)C3(C)C)cs2)cc1. The van der Waals surface area contributed by atoms with Gasteiger partial charge in [-0.1, -0.05) is 13.8 Å². The Kier molecular flexibility index (Phi) is 6.47. The smallest absolute Gasteiger partial charge is 0.330 e. The fourth-order valence-electron chi connectivity index (χ4n) is 3.86. The fraction of sp³-hybridized carbons (Fsp3) is 0.500. The Hall–Kier alpha value is -2.45. The molecule has 1 heterocycles. The van der Waals surface area contributed by atoms with Gasteiger partial charge in [0.05, 0.1) is 24.8 Å². The Balaban J connectivity index is 1.67. The number of benzene rings is 1. The van der Waals surface area contributed by atoms with E-state index in [1.54, 1.807) is 0 Å². The summed E-state index contributed by atoms with van der Waals surface area (Å²) < 4.78 is 11.1. The van der Waals surface area contributed by atoms with Gasteiger partial charge in [0, 0.05) is 29.4 Å². The van der Waals surface area contributed by atoms with Gasteiger partial charge in [-0.3, -0.25) is 4.79 Å². The zero-order valence-corrected chi connectivity index (χ0v) is 18.5. The van der Waals surface area contributed by atoms with Gasteiger partial charge in [0.15, 0.2) is 0 Å². The van der Waals surface area contributed by atoms with Gasteiger partial charge in [0.25, 0.3) is 0 Å². The van der Waals surface area contributed by atoms with Crippen LogP contribution in [0.4, 0.5) is 0 Å². The van der Waals surface area contributed by atoms with Crippen LogP contribution in [0.2, 0.25) is 0 Å². The Bertz CT molecular complexity index is 909. The average Bonchev–Trinajstić information content (AvgIpc) is 3.16. The highest BCUT2D eigenvalue weighted by Gasteiger charge is 2.66. The Morgan fingerprint density at radius 1 is 1.23 bits per heavy atom. The van der Waals surface area contributed by atoms with Gasteiger partial charge in [0.2, 0.25) is 5.91 Å². The molecule has 2 aromatic rings. The summed E-state index contributed by atoms with van der Waals surface area (Å²) in [6.07, 6.45) is 0.0749. The maximum absolute atomic E-state index is 12.7. The molecule has 2 N–H and O–H groups in total. The van der Waals surface area contributed by atoms with Crippen LogP contribution in [-0.2, 0) is 20.7 Å². The van der Waals surface area contributed by atoms with E-state index in [2.05, 4.69) is 10.3 Å². The molecule has 1 aromatic heterocycles. The van der Waals surface area contributed by atoms with Gasteiger partial charge in [0.1, 0.15) is 16.3 Å². The summed E-state index contributed by atoms with van der Waals surface area (Å²) in [6.45, 7) is 8.55. The summed E-state index contributed by atoms with van der Waals surface area (Å²) in [5, 5.41) is 15.2. The van der Waals surface area contributed by atoms with Crippen LogP contribution in [0, 0.1) is 5.41 Å². The lowest BCUT2D eigenvalue weighted by Crippen LogP contribution is -2.76. The lowest BCUT2D eigenvalue weighted by Gasteiger charge is -2.58. The van der Waals surface area contributed by atoms with E-state index < -0.39 is 16.9 Å². The fourth-order valence-corrected chi connectivity index (χ4v) is 4.69. The highest BCUT2D eigenvalue weighted by molar-refractivity contribution is 7.13. The number of nitrogens with one attached hydrogen (secondary N) is 1. The second kappa shape index (κ2) is 8.73. The molecule has 0 spiro atoms. The number of carboxylic acid groups (broad SMARTS) is 1. The van der Waals surface area contributed by atoms with Crippen molar-refractivity contribution < 1.29 is 24.2 Å². The van der Waals surface area contributed by atoms with Gasteiger partial charge in [-0.05, 0) is 38.1 Å². The predicted octanol–water partition coefficient (Wildman–Crippen LogP) is 3.53. The molecule has 3 rings (SSSR count). The molecule has 1 fully saturated rings. The van der Waals surface area contributed by atoms with Crippen molar-refractivity contribution in [1.29, 1.82) is 0 Å². The number of amides is 1. The van der Waals surface area contributed by atoms with Crippen molar-refractivity contribution in [3.05, 3.63) is 35.3 Å². The van der Waals surface area contributed by atoms with Crippen LogP contribution in [0.3, 0.4) is 0 Å². The molecule has 1 aliphatic carbocycles. The Morgan fingerprint density at radius 3 is 2.50 bits per heavy atom. The minimum Gasteiger partial charge on any atom is -0.494 e. The molecule has 1 aliphatic rings. The van der Waals surface area contributed by atoms with Crippen molar-refractivity contribution >= 4 is 23.2 Å². The molecule has 8 heteroatoms. The van der Waals surface area contributed by atoms with E-state index in [4.69, 9.17) is 9.47 Å². The number of nitrogens with zero attached hydrogens (tertiary/aromatic N) is 1. The molecule has 1 saturated carbocycles. The van der Waals surface area contributed by atoms with Crippen LogP contribution in [0.15, 0.2) is 29.6 Å². The second-order valence-corrected chi connectivity index (χ2v) is 8.76. The first-order chi connectivity index (χ1) is 14.2. The molecule has 7 nitrogen and oxygen atoms in total. The summed E-state index contributed by atoms with van der Waals surface area (Å²) in [6, 6.07) is 7.63. The van der Waals surface area contributed by atoms with Crippen molar-refractivity contribution in [1.82, 2.24) is 10.3 Å². The van der Waals surface area contributed by atoms with Crippen LogP contribution in [0.1, 0.15) is 39.8 Å². The summed E-state index contributed by atoms with van der Waals surface area (Å²) in [5.74, 6) is -0.598. The topological polar surface area (TPSA) is 97.8 Å². The molecular weight excluding hydrogens is 404 g/mol. The first kappa shape index (κ1) is 22.2. The van der Waals surface area contributed by atoms with Gasteiger partial charge >= 0.3 is 5.97 Å². The molecule has 1 aromatic carbocycles. The first-order valence-electron chi connectivity index (χ1n) is 10.1. The number of carbonyl (C=O) groups is 2. The molecule has 2 unspecified atom stereocenters. The van der Waals surface area contributed by atoms with E-state index in [9.17, 15) is 14.7 Å². The maximum Gasteiger partial charge on any atom is 0.330 e. The van der Waals surface area contributed by atoms with Gasteiger partial charge < -0.3 is 19.9 Å². The molecular formula is C22H28N2O5S. The summed E-state index contributed by atoms with van der Waals surface area (Å²) in [4.78, 5) is 29.2. The number of thiazole rings is 1. The quantitative estimate of drug-likeness (QED) is 0.629. The monoisotopic (exact) mass is 432 g/mol.